The number of hydrogen-bond acceptors (Lipinski definition) is 6. The van der Waals surface area contributed by atoms with Crippen LogP contribution < -0.4 is 0 Å². The molecule has 2 aromatic carbocycles. The monoisotopic (exact) mass is 448 g/mol. The molecule has 0 radical (unpaired) electrons. The molecule has 2 unspecified atom stereocenters. The van der Waals surface area contributed by atoms with Gasteiger partial charge in [0.1, 0.15) is 13.7 Å². The zero-order valence-corrected chi connectivity index (χ0v) is 18.4. The summed E-state index contributed by atoms with van der Waals surface area (Å²) in [5.74, 6) is -0.120. The van der Waals surface area contributed by atoms with E-state index in [1.807, 2.05) is 37.3 Å². The van der Waals surface area contributed by atoms with E-state index in [1.165, 1.54) is 14.2 Å². The minimum atomic E-state index is -0.596. The van der Waals surface area contributed by atoms with Gasteiger partial charge >= 0.3 is 5.97 Å². The Balaban J connectivity index is 1.69. The Kier molecular flexibility index (Phi) is 7.34. The van der Waals surface area contributed by atoms with Crippen LogP contribution in [-0.4, -0.2) is 31.6 Å². The van der Waals surface area contributed by atoms with Crippen molar-refractivity contribution >= 4 is 40.6 Å². The van der Waals surface area contributed by atoms with Gasteiger partial charge in [-0.05, 0) is 37.0 Å². The molecule has 0 N–H and O–H groups in total. The molecular formula is C22H22Cl2N2O4. The van der Waals surface area contributed by atoms with E-state index < -0.39 is 5.97 Å². The number of oxime groups is 2. The fourth-order valence-electron chi connectivity index (χ4n) is 3.37. The fourth-order valence-corrected chi connectivity index (χ4v) is 4.05. The SMILES string of the molecule is CON=C(C(=O)OC)c1ccccc1CON=C(C)C1CC1c1c(Cl)cccc1Cl. The van der Waals surface area contributed by atoms with E-state index >= 15 is 0 Å². The van der Waals surface area contributed by atoms with Crippen LogP contribution in [0.3, 0.4) is 0 Å². The van der Waals surface area contributed by atoms with Crippen LogP contribution in [0.5, 0.6) is 0 Å². The van der Waals surface area contributed by atoms with Crippen molar-refractivity contribution in [1.29, 1.82) is 0 Å². The van der Waals surface area contributed by atoms with Gasteiger partial charge in [0.2, 0.25) is 0 Å². The van der Waals surface area contributed by atoms with Crippen LogP contribution in [0.2, 0.25) is 10.0 Å². The molecule has 8 heteroatoms. The van der Waals surface area contributed by atoms with Gasteiger partial charge in [-0.1, -0.05) is 63.8 Å². The van der Waals surface area contributed by atoms with Crippen LogP contribution >= 0.6 is 23.2 Å². The predicted molar refractivity (Wildman–Crippen MR) is 117 cm³/mol. The summed E-state index contributed by atoms with van der Waals surface area (Å²) in [6, 6.07) is 12.7. The summed E-state index contributed by atoms with van der Waals surface area (Å²) in [4.78, 5) is 22.4. The van der Waals surface area contributed by atoms with E-state index in [0.29, 0.717) is 15.6 Å². The zero-order valence-electron chi connectivity index (χ0n) is 16.9. The first-order valence-corrected chi connectivity index (χ1v) is 10.1. The third-order valence-electron chi connectivity index (χ3n) is 4.96. The first-order valence-electron chi connectivity index (χ1n) is 9.36. The number of nitrogens with zero attached hydrogens (tertiary/aromatic N) is 2. The number of rotatable bonds is 8. The van der Waals surface area contributed by atoms with Gasteiger partial charge in [-0.15, -0.1) is 0 Å². The van der Waals surface area contributed by atoms with Crippen molar-refractivity contribution in [3.8, 4) is 0 Å². The summed E-state index contributed by atoms with van der Waals surface area (Å²) in [6.07, 6.45) is 0.922. The van der Waals surface area contributed by atoms with E-state index in [4.69, 9.17) is 37.6 Å². The molecule has 158 valence electrons. The lowest BCUT2D eigenvalue weighted by Crippen LogP contribution is -2.19. The van der Waals surface area contributed by atoms with Crippen molar-refractivity contribution in [2.45, 2.75) is 25.9 Å². The number of hydrogen-bond donors (Lipinski definition) is 0. The summed E-state index contributed by atoms with van der Waals surface area (Å²) in [5.41, 5.74) is 3.19. The van der Waals surface area contributed by atoms with Crippen LogP contribution in [0.1, 0.15) is 36.0 Å². The molecule has 0 amide bonds. The van der Waals surface area contributed by atoms with Crippen LogP contribution in [-0.2, 0) is 25.8 Å². The number of carbonyl (C=O) groups is 1. The Labute approximate surface area is 185 Å². The Morgan fingerprint density at radius 1 is 1.07 bits per heavy atom. The largest absolute Gasteiger partial charge is 0.464 e. The number of esters is 1. The van der Waals surface area contributed by atoms with Crippen LogP contribution in [0.25, 0.3) is 0 Å². The van der Waals surface area contributed by atoms with E-state index in [0.717, 1.165) is 23.3 Å². The second kappa shape index (κ2) is 9.96. The van der Waals surface area contributed by atoms with Gasteiger partial charge in [-0.3, -0.25) is 0 Å². The van der Waals surface area contributed by atoms with Crippen molar-refractivity contribution in [3.63, 3.8) is 0 Å². The molecule has 2 aromatic rings. The summed E-state index contributed by atoms with van der Waals surface area (Å²) in [6.45, 7) is 2.09. The number of halogens is 2. The van der Waals surface area contributed by atoms with Crippen molar-refractivity contribution in [3.05, 3.63) is 69.2 Å². The molecule has 0 aromatic heterocycles. The molecule has 6 nitrogen and oxygen atoms in total. The molecule has 0 aliphatic heterocycles. The second-order valence-corrected chi connectivity index (χ2v) is 7.68. The highest BCUT2D eigenvalue weighted by Gasteiger charge is 2.43. The highest BCUT2D eigenvalue weighted by molar-refractivity contribution is 6.43. The molecule has 3 rings (SSSR count). The van der Waals surface area contributed by atoms with E-state index in [9.17, 15) is 4.79 Å². The maximum atomic E-state index is 12.0. The van der Waals surface area contributed by atoms with Gasteiger partial charge in [0.05, 0.1) is 12.8 Å². The highest BCUT2D eigenvalue weighted by Crippen LogP contribution is 2.52. The van der Waals surface area contributed by atoms with E-state index in [-0.39, 0.29) is 24.2 Å². The molecule has 30 heavy (non-hydrogen) atoms. The van der Waals surface area contributed by atoms with Gasteiger partial charge < -0.3 is 14.4 Å². The zero-order chi connectivity index (χ0) is 21.7. The standard InChI is InChI=1S/C22H22Cl2N2O4/c1-13(16-11-17(16)20-18(23)9-6-10-19(20)24)25-30-12-14-7-4-5-8-15(14)21(26-29-3)22(27)28-2/h4-10,16-17H,11-12H2,1-3H3. The smallest absolute Gasteiger partial charge is 0.360 e. The quantitative estimate of drug-likeness (QED) is 0.315. The maximum Gasteiger partial charge on any atom is 0.360 e. The van der Waals surface area contributed by atoms with Crippen LogP contribution in [0, 0.1) is 5.92 Å². The summed E-state index contributed by atoms with van der Waals surface area (Å²) < 4.78 is 4.79. The molecule has 2 atom stereocenters. The van der Waals surface area contributed by atoms with Gasteiger partial charge in [0, 0.05) is 27.1 Å². The molecule has 0 heterocycles. The van der Waals surface area contributed by atoms with Gasteiger partial charge in [0.15, 0.2) is 5.71 Å². The van der Waals surface area contributed by atoms with Gasteiger partial charge in [0.25, 0.3) is 0 Å². The van der Waals surface area contributed by atoms with Crippen molar-refractivity contribution < 1.29 is 19.2 Å². The molecule has 0 saturated heterocycles. The molecule has 0 spiro atoms. The third kappa shape index (κ3) is 4.94. The molecule has 1 fully saturated rings. The lowest BCUT2D eigenvalue weighted by atomic mass is 10.0. The molecular weight excluding hydrogens is 427 g/mol. The first kappa shape index (κ1) is 22.1. The Morgan fingerprint density at radius 3 is 2.43 bits per heavy atom. The second-order valence-electron chi connectivity index (χ2n) is 6.86. The van der Waals surface area contributed by atoms with Crippen molar-refractivity contribution in [1.82, 2.24) is 0 Å². The number of ether oxygens (including phenoxy) is 1. The minimum Gasteiger partial charge on any atom is -0.464 e. The maximum absolute atomic E-state index is 12.0. The predicted octanol–water partition coefficient (Wildman–Crippen LogP) is 5.21. The average Bonchev–Trinajstić information content (AvgIpc) is 3.52. The summed E-state index contributed by atoms with van der Waals surface area (Å²) in [5, 5.41) is 9.41. The van der Waals surface area contributed by atoms with Crippen molar-refractivity contribution in [2.24, 2.45) is 16.2 Å². The molecule has 0 bridgehead atoms. The van der Waals surface area contributed by atoms with Crippen LogP contribution in [0.15, 0.2) is 52.8 Å². The van der Waals surface area contributed by atoms with Gasteiger partial charge in [-0.2, -0.15) is 0 Å². The third-order valence-corrected chi connectivity index (χ3v) is 5.62. The number of methoxy groups -OCH3 is 1. The molecule has 1 saturated carbocycles. The number of benzene rings is 2. The van der Waals surface area contributed by atoms with E-state index in [1.54, 1.807) is 12.1 Å². The lowest BCUT2D eigenvalue weighted by molar-refractivity contribution is -0.132. The highest BCUT2D eigenvalue weighted by atomic mass is 35.5. The normalized spacial score (nSPS) is 18.7. The summed E-state index contributed by atoms with van der Waals surface area (Å²) >= 11 is 12.6. The van der Waals surface area contributed by atoms with Gasteiger partial charge in [-0.25, -0.2) is 4.79 Å². The summed E-state index contributed by atoms with van der Waals surface area (Å²) in [7, 11) is 2.66. The Hall–Kier alpha value is -2.57. The minimum absolute atomic E-state index is 0.0653. The van der Waals surface area contributed by atoms with E-state index in [2.05, 4.69) is 10.3 Å². The topological polar surface area (TPSA) is 69.5 Å². The van der Waals surface area contributed by atoms with Crippen LogP contribution in [0.4, 0.5) is 0 Å². The Bertz CT molecular complexity index is 971. The molecule has 1 aliphatic rings. The number of carbonyl (C=O) groups excluding carboxylic acids is 1. The fraction of sp³-hybridized carbons (Fsp3) is 0.318. The lowest BCUT2D eigenvalue weighted by Gasteiger charge is -2.10. The van der Waals surface area contributed by atoms with Crippen molar-refractivity contribution in [2.75, 3.05) is 14.2 Å². The Morgan fingerprint density at radius 2 is 1.77 bits per heavy atom. The average molecular weight is 449 g/mol. The molecule has 1 aliphatic carbocycles. The first-order chi connectivity index (χ1) is 14.5.